The Hall–Kier alpha value is -3.35. The van der Waals surface area contributed by atoms with Crippen molar-refractivity contribution in [2.75, 3.05) is 24.9 Å². The molecule has 32 heavy (non-hydrogen) atoms. The van der Waals surface area contributed by atoms with Crippen LogP contribution in [0.3, 0.4) is 0 Å². The van der Waals surface area contributed by atoms with Crippen molar-refractivity contribution in [1.29, 1.82) is 5.26 Å². The Bertz CT molecular complexity index is 1310. The number of nitrogens with two attached hydrogens (primary N) is 1. The molecule has 0 spiro atoms. The highest BCUT2D eigenvalue weighted by molar-refractivity contribution is 7.95. The van der Waals surface area contributed by atoms with Gasteiger partial charge in [0.05, 0.1) is 47.5 Å². The van der Waals surface area contributed by atoms with Gasteiger partial charge in [-0.1, -0.05) is 11.6 Å². The molecule has 0 saturated heterocycles. The maximum atomic E-state index is 13.1. The molecule has 0 amide bonds. The van der Waals surface area contributed by atoms with Crippen LogP contribution in [0.4, 0.5) is 5.69 Å². The van der Waals surface area contributed by atoms with Crippen molar-refractivity contribution < 1.29 is 23.0 Å². The molecular formula is C22H20ClN3O5S. The summed E-state index contributed by atoms with van der Waals surface area (Å²) in [5.74, 6) is -0.516. The molecule has 10 heteroatoms. The second kappa shape index (κ2) is 7.97. The van der Waals surface area contributed by atoms with Crippen LogP contribution in [-0.4, -0.2) is 33.5 Å². The van der Waals surface area contributed by atoms with Crippen molar-refractivity contribution in [2.24, 2.45) is 5.73 Å². The molecule has 0 aromatic heterocycles. The minimum atomic E-state index is -3.68. The van der Waals surface area contributed by atoms with Crippen LogP contribution in [0.5, 0.6) is 17.2 Å². The topological polar surface area (TPSA) is 126 Å². The molecule has 0 aliphatic carbocycles. The molecule has 166 valence electrons. The normalized spacial score (nSPS) is 19.6. The number of phenols is 1. The van der Waals surface area contributed by atoms with Crippen LogP contribution in [0.25, 0.3) is 0 Å². The first-order valence-corrected chi connectivity index (χ1v) is 11.6. The minimum absolute atomic E-state index is 0.0228. The van der Waals surface area contributed by atoms with E-state index >= 15 is 0 Å². The number of nitriles is 1. The molecule has 1 atom stereocenters. The highest BCUT2D eigenvalue weighted by Crippen LogP contribution is 2.50. The van der Waals surface area contributed by atoms with Crippen LogP contribution in [0.1, 0.15) is 17.9 Å². The van der Waals surface area contributed by atoms with Crippen LogP contribution in [0, 0.1) is 11.3 Å². The molecule has 8 nitrogen and oxygen atoms in total. The first-order valence-electron chi connectivity index (χ1n) is 9.59. The fourth-order valence-corrected chi connectivity index (χ4v) is 6.21. The number of ether oxygens (including phenoxy) is 2. The van der Waals surface area contributed by atoms with Crippen molar-refractivity contribution in [3.8, 4) is 23.3 Å². The third kappa shape index (κ3) is 3.32. The summed E-state index contributed by atoms with van der Waals surface area (Å²) in [4.78, 5) is 1.70. The SMILES string of the molecule is COc1ccc(N2C(N)=C(C#N)[C@@H](c3cc(Cl)c(O)c(OC)c3)C3=C2CCS3(=O)=O)cc1. The van der Waals surface area contributed by atoms with Gasteiger partial charge in [0.15, 0.2) is 21.3 Å². The van der Waals surface area contributed by atoms with Crippen LogP contribution in [-0.2, 0) is 9.84 Å². The van der Waals surface area contributed by atoms with Gasteiger partial charge in [0.1, 0.15) is 11.6 Å². The zero-order valence-electron chi connectivity index (χ0n) is 17.3. The van der Waals surface area contributed by atoms with E-state index in [1.807, 2.05) is 0 Å². The Kier molecular flexibility index (Phi) is 5.44. The summed E-state index contributed by atoms with van der Waals surface area (Å²) >= 11 is 6.16. The molecular weight excluding hydrogens is 454 g/mol. The van der Waals surface area contributed by atoms with E-state index in [4.69, 9.17) is 26.8 Å². The van der Waals surface area contributed by atoms with Gasteiger partial charge in [-0.3, -0.25) is 4.90 Å². The molecule has 2 aliphatic heterocycles. The number of hydrogen-bond acceptors (Lipinski definition) is 8. The van der Waals surface area contributed by atoms with E-state index in [1.54, 1.807) is 36.3 Å². The molecule has 4 rings (SSSR count). The number of hydrogen-bond donors (Lipinski definition) is 2. The molecule has 0 saturated carbocycles. The van der Waals surface area contributed by atoms with Gasteiger partial charge in [0.25, 0.3) is 0 Å². The van der Waals surface area contributed by atoms with Crippen molar-refractivity contribution in [3.63, 3.8) is 0 Å². The van der Waals surface area contributed by atoms with E-state index in [0.29, 0.717) is 22.7 Å². The number of allylic oxidation sites excluding steroid dienone is 3. The highest BCUT2D eigenvalue weighted by atomic mass is 35.5. The summed E-state index contributed by atoms with van der Waals surface area (Å²) in [7, 11) is -0.781. The number of rotatable bonds is 4. The number of nitrogens with zero attached hydrogens (tertiary/aromatic N) is 2. The average Bonchev–Trinajstić information content (AvgIpc) is 3.09. The van der Waals surface area contributed by atoms with Crippen LogP contribution in [0.2, 0.25) is 5.02 Å². The van der Waals surface area contributed by atoms with Gasteiger partial charge < -0.3 is 20.3 Å². The van der Waals surface area contributed by atoms with E-state index in [0.717, 1.165) is 0 Å². The lowest BCUT2D eigenvalue weighted by Gasteiger charge is -2.35. The smallest absolute Gasteiger partial charge is 0.177 e. The third-order valence-corrected chi connectivity index (χ3v) is 7.79. The number of benzene rings is 2. The standard InChI is InChI=1S/C22H20ClN3O5S/c1-30-14-5-3-13(4-6-14)26-17-7-8-32(28,29)21(17)19(15(11-24)22(26)25)12-9-16(23)20(27)18(10-12)31-2/h3-6,9-10,19,27H,7-8,25H2,1-2H3/t19-/m1/s1. The van der Waals surface area contributed by atoms with Crippen molar-refractivity contribution in [3.05, 3.63) is 69.0 Å². The molecule has 0 fully saturated rings. The summed E-state index contributed by atoms with van der Waals surface area (Å²) in [6.07, 6.45) is 0.239. The van der Waals surface area contributed by atoms with Gasteiger partial charge in [-0.25, -0.2) is 8.42 Å². The van der Waals surface area contributed by atoms with Gasteiger partial charge in [-0.05, 0) is 42.0 Å². The van der Waals surface area contributed by atoms with Gasteiger partial charge in [0, 0.05) is 17.8 Å². The Balaban J connectivity index is 1.98. The van der Waals surface area contributed by atoms with Gasteiger partial charge >= 0.3 is 0 Å². The Labute approximate surface area is 190 Å². The maximum absolute atomic E-state index is 13.1. The lowest BCUT2D eigenvalue weighted by molar-refractivity contribution is 0.373. The number of phenolic OH excluding ortho intramolecular Hbond substituents is 1. The molecule has 0 bridgehead atoms. The Morgan fingerprint density at radius 3 is 2.50 bits per heavy atom. The number of aromatic hydroxyl groups is 1. The Morgan fingerprint density at radius 2 is 1.91 bits per heavy atom. The zero-order chi connectivity index (χ0) is 23.2. The van der Waals surface area contributed by atoms with Gasteiger partial charge in [0.2, 0.25) is 0 Å². The molecule has 0 radical (unpaired) electrons. The summed E-state index contributed by atoms with van der Waals surface area (Å²) in [5, 5.41) is 20.1. The van der Waals surface area contributed by atoms with E-state index in [1.165, 1.54) is 19.2 Å². The minimum Gasteiger partial charge on any atom is -0.503 e. The van der Waals surface area contributed by atoms with Crippen molar-refractivity contribution in [1.82, 2.24) is 0 Å². The van der Waals surface area contributed by atoms with Crippen LogP contribution < -0.4 is 20.1 Å². The third-order valence-electron chi connectivity index (χ3n) is 5.62. The molecule has 2 aliphatic rings. The number of halogens is 1. The number of methoxy groups -OCH3 is 2. The number of sulfone groups is 1. The number of anilines is 1. The highest BCUT2D eigenvalue weighted by Gasteiger charge is 2.45. The summed E-state index contributed by atoms with van der Waals surface area (Å²) < 4.78 is 36.7. The Morgan fingerprint density at radius 1 is 1.22 bits per heavy atom. The van der Waals surface area contributed by atoms with Crippen LogP contribution in [0.15, 0.2) is 58.4 Å². The van der Waals surface area contributed by atoms with E-state index in [9.17, 15) is 18.8 Å². The molecule has 2 aromatic rings. The first kappa shape index (κ1) is 21.9. The lowest BCUT2D eigenvalue weighted by atomic mass is 9.86. The largest absolute Gasteiger partial charge is 0.503 e. The second-order valence-corrected chi connectivity index (χ2v) is 9.80. The summed E-state index contributed by atoms with van der Waals surface area (Å²) in [5.41, 5.74) is 8.02. The van der Waals surface area contributed by atoms with Crippen LogP contribution >= 0.6 is 11.6 Å². The van der Waals surface area contributed by atoms with E-state index in [2.05, 4.69) is 6.07 Å². The lowest BCUT2D eigenvalue weighted by Crippen LogP contribution is -2.34. The van der Waals surface area contributed by atoms with E-state index in [-0.39, 0.29) is 45.0 Å². The summed E-state index contributed by atoms with van der Waals surface area (Å²) in [6, 6.07) is 11.9. The van der Waals surface area contributed by atoms with Crippen molar-refractivity contribution >= 4 is 27.1 Å². The monoisotopic (exact) mass is 473 g/mol. The maximum Gasteiger partial charge on any atom is 0.177 e. The molecule has 3 N–H and O–H groups in total. The van der Waals surface area contributed by atoms with Gasteiger partial charge in [-0.2, -0.15) is 5.26 Å². The summed E-state index contributed by atoms with van der Waals surface area (Å²) in [6.45, 7) is 0. The van der Waals surface area contributed by atoms with E-state index < -0.39 is 15.8 Å². The fraction of sp³-hybridized carbons (Fsp3) is 0.227. The second-order valence-electron chi connectivity index (χ2n) is 7.31. The zero-order valence-corrected chi connectivity index (χ0v) is 18.9. The molecule has 2 heterocycles. The molecule has 2 aromatic carbocycles. The first-order chi connectivity index (χ1) is 15.2. The average molecular weight is 474 g/mol. The predicted octanol–water partition coefficient (Wildman–Crippen LogP) is 3.39. The quantitative estimate of drug-likeness (QED) is 0.692. The van der Waals surface area contributed by atoms with Gasteiger partial charge in [-0.15, -0.1) is 0 Å². The fourth-order valence-electron chi connectivity index (χ4n) is 4.14. The predicted molar refractivity (Wildman–Crippen MR) is 120 cm³/mol. The van der Waals surface area contributed by atoms with Crippen molar-refractivity contribution in [2.45, 2.75) is 12.3 Å². The molecule has 0 unspecified atom stereocenters.